The van der Waals surface area contributed by atoms with E-state index < -0.39 is 0 Å². The van der Waals surface area contributed by atoms with Crippen molar-refractivity contribution in [1.82, 2.24) is 5.06 Å². The Hall–Kier alpha value is -0.600. The number of nitrogens with zero attached hydrogens (tertiary/aromatic N) is 1. The second-order valence-corrected chi connectivity index (χ2v) is 9.02. The maximum atomic E-state index is 11.8. The lowest BCUT2D eigenvalue weighted by Crippen LogP contribution is -2.15. The smallest absolute Gasteiger partial charge is 0.00443 e. The fourth-order valence-electron chi connectivity index (χ4n) is 3.84. The standard InChI is InChI=1S/C28H54NO/c1-3-5-7-9-11-13-15-17-19-21-23-25-27-29(30)28-26-24-22-20-18-16-14-12-10-8-6-4-2/h23-26H,3-22,27-28H2,1-2H3/q-1. The van der Waals surface area contributed by atoms with Crippen molar-refractivity contribution in [3.05, 3.63) is 29.5 Å². The molecule has 2 heteroatoms. The molecule has 0 aromatic carbocycles. The summed E-state index contributed by atoms with van der Waals surface area (Å²) < 4.78 is 0. The van der Waals surface area contributed by atoms with E-state index in [1.54, 1.807) is 0 Å². The average molecular weight is 421 g/mol. The molecule has 0 rings (SSSR count). The van der Waals surface area contributed by atoms with Gasteiger partial charge < -0.3 is 10.3 Å². The summed E-state index contributed by atoms with van der Waals surface area (Å²) in [6.07, 6.45) is 35.4. The molecule has 0 aromatic rings. The Balaban J connectivity index is 3.31. The van der Waals surface area contributed by atoms with Gasteiger partial charge in [0.1, 0.15) is 0 Å². The van der Waals surface area contributed by atoms with Gasteiger partial charge in [-0.05, 0) is 25.7 Å². The second-order valence-electron chi connectivity index (χ2n) is 9.02. The minimum Gasteiger partial charge on any atom is -0.785 e. The number of hydrogen-bond acceptors (Lipinski definition) is 2. The lowest BCUT2D eigenvalue weighted by atomic mass is 10.1. The van der Waals surface area contributed by atoms with Gasteiger partial charge in [0.25, 0.3) is 0 Å². The Kier molecular flexibility index (Phi) is 25.9. The zero-order valence-electron chi connectivity index (χ0n) is 20.7. The highest BCUT2D eigenvalue weighted by Crippen LogP contribution is 2.11. The Labute approximate surface area is 190 Å². The van der Waals surface area contributed by atoms with Crippen molar-refractivity contribution in [2.45, 2.75) is 142 Å². The number of allylic oxidation sites excluding steroid dienone is 2. The molecule has 0 N–H and O–H groups in total. The highest BCUT2D eigenvalue weighted by molar-refractivity contribution is 4.90. The van der Waals surface area contributed by atoms with Gasteiger partial charge in [-0.15, -0.1) is 0 Å². The topological polar surface area (TPSA) is 26.3 Å². The van der Waals surface area contributed by atoms with Crippen LogP contribution in [0.15, 0.2) is 24.3 Å². The first kappa shape index (κ1) is 29.4. The molecule has 0 spiro atoms. The Morgan fingerprint density at radius 3 is 1.07 bits per heavy atom. The largest absolute Gasteiger partial charge is 0.785 e. The number of unbranched alkanes of at least 4 members (excludes halogenated alkanes) is 18. The van der Waals surface area contributed by atoms with Crippen LogP contribution in [0.25, 0.3) is 0 Å². The third-order valence-electron chi connectivity index (χ3n) is 5.90. The first-order valence-electron chi connectivity index (χ1n) is 13.5. The van der Waals surface area contributed by atoms with Gasteiger partial charge in [-0.3, -0.25) is 0 Å². The molecule has 0 saturated carbocycles. The molecule has 0 saturated heterocycles. The maximum Gasteiger partial charge on any atom is 0.00443 e. The molecule has 0 aliphatic carbocycles. The van der Waals surface area contributed by atoms with Gasteiger partial charge in [-0.1, -0.05) is 141 Å². The van der Waals surface area contributed by atoms with Crippen LogP contribution in [-0.4, -0.2) is 18.2 Å². The summed E-state index contributed by atoms with van der Waals surface area (Å²) in [5.41, 5.74) is 0. The van der Waals surface area contributed by atoms with Crippen LogP contribution in [0.5, 0.6) is 0 Å². The van der Waals surface area contributed by atoms with Crippen molar-refractivity contribution in [3.63, 3.8) is 0 Å². The van der Waals surface area contributed by atoms with E-state index in [4.69, 9.17) is 0 Å². The van der Waals surface area contributed by atoms with Crippen molar-refractivity contribution in [2.75, 3.05) is 13.1 Å². The fourth-order valence-corrected chi connectivity index (χ4v) is 3.84. The molecule has 0 aromatic heterocycles. The zero-order valence-corrected chi connectivity index (χ0v) is 20.7. The van der Waals surface area contributed by atoms with E-state index in [-0.39, 0.29) is 0 Å². The molecule has 0 heterocycles. The molecule has 0 atom stereocenters. The van der Waals surface area contributed by atoms with Crippen molar-refractivity contribution < 1.29 is 0 Å². The summed E-state index contributed by atoms with van der Waals surface area (Å²) in [4.78, 5) is 0. The maximum absolute atomic E-state index is 11.8. The first-order chi connectivity index (χ1) is 14.8. The molecular formula is C28H54NO-. The molecule has 30 heavy (non-hydrogen) atoms. The lowest BCUT2D eigenvalue weighted by molar-refractivity contribution is 0.463. The van der Waals surface area contributed by atoms with Crippen molar-refractivity contribution in [1.29, 1.82) is 0 Å². The average Bonchev–Trinajstić information content (AvgIpc) is 2.75. The SMILES string of the molecule is CCCCCCCCCCCC=CCN([O-])CC=CCCCCCCCCCCC. The molecule has 178 valence electrons. The van der Waals surface area contributed by atoms with Gasteiger partial charge in [-0.2, -0.15) is 0 Å². The molecule has 0 fully saturated rings. The molecule has 2 nitrogen and oxygen atoms in total. The van der Waals surface area contributed by atoms with E-state index in [0.717, 1.165) is 17.9 Å². The van der Waals surface area contributed by atoms with Crippen LogP contribution in [0.4, 0.5) is 0 Å². The van der Waals surface area contributed by atoms with Crippen molar-refractivity contribution in [2.24, 2.45) is 0 Å². The predicted molar refractivity (Wildman–Crippen MR) is 137 cm³/mol. The Morgan fingerprint density at radius 2 is 0.733 bits per heavy atom. The van der Waals surface area contributed by atoms with E-state index >= 15 is 0 Å². The number of hydrogen-bond donors (Lipinski definition) is 0. The highest BCUT2D eigenvalue weighted by Gasteiger charge is 1.92. The quantitative estimate of drug-likeness (QED) is 0.0882. The molecule has 0 aliphatic heterocycles. The van der Waals surface area contributed by atoms with Crippen LogP contribution >= 0.6 is 0 Å². The summed E-state index contributed by atoms with van der Waals surface area (Å²) >= 11 is 0. The van der Waals surface area contributed by atoms with Crippen LogP contribution in [0.3, 0.4) is 0 Å². The third-order valence-corrected chi connectivity index (χ3v) is 5.90. The van der Waals surface area contributed by atoms with E-state index in [9.17, 15) is 5.21 Å². The molecule has 0 amide bonds. The van der Waals surface area contributed by atoms with Gasteiger partial charge >= 0.3 is 0 Å². The first-order valence-corrected chi connectivity index (χ1v) is 13.5. The summed E-state index contributed by atoms with van der Waals surface area (Å²) in [6, 6.07) is 0. The van der Waals surface area contributed by atoms with Crippen LogP contribution in [0.2, 0.25) is 0 Å². The van der Waals surface area contributed by atoms with Crippen LogP contribution in [0.1, 0.15) is 142 Å². The third kappa shape index (κ3) is 25.4. The number of rotatable bonds is 24. The van der Waals surface area contributed by atoms with E-state index in [1.165, 1.54) is 116 Å². The van der Waals surface area contributed by atoms with Crippen molar-refractivity contribution >= 4 is 0 Å². The fraction of sp³-hybridized carbons (Fsp3) is 0.857. The van der Waals surface area contributed by atoms with Crippen LogP contribution in [-0.2, 0) is 0 Å². The Morgan fingerprint density at radius 1 is 0.433 bits per heavy atom. The van der Waals surface area contributed by atoms with Crippen LogP contribution < -0.4 is 0 Å². The molecule has 0 bridgehead atoms. The Bertz CT molecular complexity index is 330. The second kappa shape index (κ2) is 26.4. The molecule has 0 radical (unpaired) electrons. The summed E-state index contributed by atoms with van der Waals surface area (Å²) in [5.74, 6) is 0. The van der Waals surface area contributed by atoms with Crippen molar-refractivity contribution in [3.8, 4) is 0 Å². The van der Waals surface area contributed by atoms with Gasteiger partial charge in [-0.25, -0.2) is 0 Å². The van der Waals surface area contributed by atoms with E-state index in [0.29, 0.717) is 13.1 Å². The molecule has 0 unspecified atom stereocenters. The molecule has 0 aliphatic rings. The van der Waals surface area contributed by atoms with Crippen LogP contribution in [0, 0.1) is 5.21 Å². The summed E-state index contributed by atoms with van der Waals surface area (Å²) in [6.45, 7) is 5.60. The normalized spacial score (nSPS) is 12.1. The van der Waals surface area contributed by atoms with Gasteiger partial charge in [0.05, 0.1) is 0 Å². The molecular weight excluding hydrogens is 366 g/mol. The van der Waals surface area contributed by atoms with Gasteiger partial charge in [0.2, 0.25) is 0 Å². The van der Waals surface area contributed by atoms with E-state index in [1.807, 2.05) is 12.2 Å². The van der Waals surface area contributed by atoms with Gasteiger partial charge in [0.15, 0.2) is 0 Å². The lowest BCUT2D eigenvalue weighted by Gasteiger charge is -2.24. The monoisotopic (exact) mass is 420 g/mol. The van der Waals surface area contributed by atoms with Gasteiger partial charge in [0, 0.05) is 13.1 Å². The summed E-state index contributed by atoms with van der Waals surface area (Å²) in [7, 11) is 0. The summed E-state index contributed by atoms with van der Waals surface area (Å²) in [5, 5.41) is 13.0. The zero-order chi connectivity index (χ0) is 22.0. The minimum atomic E-state index is 0.528. The predicted octanol–water partition coefficient (Wildman–Crippen LogP) is 9.74. The van der Waals surface area contributed by atoms with E-state index in [2.05, 4.69) is 26.0 Å². The minimum absolute atomic E-state index is 0.528. The number of hydroxylamine groups is 2. The highest BCUT2D eigenvalue weighted by atomic mass is 16.5.